The van der Waals surface area contributed by atoms with E-state index in [1.165, 1.54) is 0 Å². The van der Waals surface area contributed by atoms with Crippen molar-refractivity contribution in [3.63, 3.8) is 0 Å². The van der Waals surface area contributed by atoms with Gasteiger partial charge in [0.1, 0.15) is 11.4 Å². The third kappa shape index (κ3) is 5.22. The number of aromatic nitrogens is 1. The zero-order valence-electron chi connectivity index (χ0n) is 14.4. The zero-order chi connectivity index (χ0) is 18.2. The number of carbonyl (C=O) groups is 1. The molecule has 0 atom stereocenters. The highest BCUT2D eigenvalue weighted by Gasteiger charge is 2.04. The van der Waals surface area contributed by atoms with Gasteiger partial charge in [0.2, 0.25) is 0 Å². The summed E-state index contributed by atoms with van der Waals surface area (Å²) >= 11 is 0. The number of rotatable bonds is 4. The van der Waals surface area contributed by atoms with Gasteiger partial charge in [-0.3, -0.25) is 4.79 Å². The van der Waals surface area contributed by atoms with Gasteiger partial charge in [-0.2, -0.15) is 0 Å². The zero-order valence-corrected chi connectivity index (χ0v) is 14.4. The van der Waals surface area contributed by atoms with E-state index in [9.17, 15) is 4.79 Å². The summed E-state index contributed by atoms with van der Waals surface area (Å²) in [6, 6.07) is 20.5. The van der Waals surface area contributed by atoms with Crippen molar-refractivity contribution < 1.29 is 9.53 Å². The second kappa shape index (κ2) is 8.50. The quantitative estimate of drug-likeness (QED) is 0.734. The third-order valence-corrected chi connectivity index (χ3v) is 3.54. The molecule has 4 nitrogen and oxygen atoms in total. The average Bonchev–Trinajstić information content (AvgIpc) is 2.67. The van der Waals surface area contributed by atoms with Crippen molar-refractivity contribution >= 4 is 11.6 Å². The van der Waals surface area contributed by atoms with Gasteiger partial charge in [0, 0.05) is 17.4 Å². The van der Waals surface area contributed by atoms with Crippen LogP contribution in [-0.4, -0.2) is 17.5 Å². The van der Waals surface area contributed by atoms with Crippen LogP contribution in [0, 0.1) is 18.8 Å². The van der Waals surface area contributed by atoms with Crippen LogP contribution < -0.4 is 10.1 Å². The van der Waals surface area contributed by atoms with E-state index < -0.39 is 0 Å². The Kier molecular flexibility index (Phi) is 5.64. The lowest BCUT2D eigenvalue weighted by Crippen LogP contribution is -2.20. The molecule has 0 aliphatic carbocycles. The van der Waals surface area contributed by atoms with Crippen molar-refractivity contribution in [1.82, 2.24) is 4.98 Å². The van der Waals surface area contributed by atoms with Crippen LogP contribution >= 0.6 is 0 Å². The number of benzene rings is 2. The van der Waals surface area contributed by atoms with Crippen molar-refractivity contribution in [2.75, 3.05) is 11.9 Å². The van der Waals surface area contributed by atoms with Gasteiger partial charge in [-0.25, -0.2) is 4.98 Å². The van der Waals surface area contributed by atoms with E-state index >= 15 is 0 Å². The second-order valence-electron chi connectivity index (χ2n) is 5.70. The molecule has 0 spiro atoms. The van der Waals surface area contributed by atoms with Crippen molar-refractivity contribution in [2.45, 2.75) is 6.92 Å². The number of anilines is 1. The van der Waals surface area contributed by atoms with Gasteiger partial charge in [-0.1, -0.05) is 35.7 Å². The highest BCUT2D eigenvalue weighted by molar-refractivity contribution is 5.92. The molecule has 26 heavy (non-hydrogen) atoms. The minimum absolute atomic E-state index is 0.0487. The molecule has 1 N–H and O–H groups in total. The first-order valence-corrected chi connectivity index (χ1v) is 8.21. The molecule has 0 bridgehead atoms. The Morgan fingerprint density at radius 2 is 1.88 bits per heavy atom. The maximum Gasteiger partial charge on any atom is 0.262 e. The highest BCUT2D eigenvalue weighted by atomic mass is 16.5. The lowest BCUT2D eigenvalue weighted by molar-refractivity contribution is -0.118. The Balaban J connectivity index is 1.58. The molecule has 0 aliphatic rings. The van der Waals surface area contributed by atoms with E-state index in [2.05, 4.69) is 22.1 Å². The predicted octanol–water partition coefficient (Wildman–Crippen LogP) is 3.81. The minimum atomic E-state index is -0.222. The summed E-state index contributed by atoms with van der Waals surface area (Å²) in [5.74, 6) is 6.48. The first kappa shape index (κ1) is 17.2. The molecule has 3 aromatic rings. The van der Waals surface area contributed by atoms with Crippen LogP contribution in [0.25, 0.3) is 0 Å². The van der Waals surface area contributed by atoms with E-state index in [1.807, 2.05) is 73.7 Å². The highest BCUT2D eigenvalue weighted by Crippen LogP contribution is 2.12. The number of nitrogens with one attached hydrogen (secondary N) is 1. The van der Waals surface area contributed by atoms with Gasteiger partial charge in [0.25, 0.3) is 5.91 Å². The molecule has 4 heteroatoms. The summed E-state index contributed by atoms with van der Waals surface area (Å²) in [5, 5.41) is 2.81. The van der Waals surface area contributed by atoms with Crippen molar-refractivity contribution in [3.05, 3.63) is 89.7 Å². The Bertz CT molecular complexity index is 939. The monoisotopic (exact) mass is 342 g/mol. The summed E-state index contributed by atoms with van der Waals surface area (Å²) < 4.78 is 5.48. The molecule has 0 fully saturated rings. The van der Waals surface area contributed by atoms with E-state index in [-0.39, 0.29) is 12.5 Å². The normalized spacial score (nSPS) is 9.73. The molecule has 0 radical (unpaired) electrons. The lowest BCUT2D eigenvalue weighted by Gasteiger charge is -2.08. The fourth-order valence-electron chi connectivity index (χ4n) is 2.23. The van der Waals surface area contributed by atoms with E-state index in [4.69, 9.17) is 4.74 Å². The second-order valence-corrected chi connectivity index (χ2v) is 5.70. The molecule has 2 aromatic carbocycles. The molecular weight excluding hydrogens is 324 g/mol. The van der Waals surface area contributed by atoms with Crippen LogP contribution in [0.15, 0.2) is 72.9 Å². The molecule has 1 amide bonds. The number of nitrogens with zero attached hydrogens (tertiary/aromatic N) is 1. The van der Waals surface area contributed by atoms with Gasteiger partial charge < -0.3 is 10.1 Å². The van der Waals surface area contributed by atoms with E-state index in [1.54, 1.807) is 6.20 Å². The summed E-state index contributed by atoms with van der Waals surface area (Å²) in [6.07, 6.45) is 1.70. The number of hydrogen-bond acceptors (Lipinski definition) is 3. The molecule has 1 aromatic heterocycles. The summed E-state index contributed by atoms with van der Waals surface area (Å²) in [5.41, 5.74) is 3.32. The van der Waals surface area contributed by atoms with Crippen LogP contribution in [0.4, 0.5) is 5.69 Å². The van der Waals surface area contributed by atoms with Crippen LogP contribution in [0.5, 0.6) is 5.75 Å². The standard InChI is InChI=1S/C22H18N2O2/c1-17-8-12-21(13-9-17)26-16-22(25)24-20-7-4-5-18(15-20)10-11-19-6-2-3-14-23-19/h2-9,12-15H,16H2,1H3,(H,24,25). The SMILES string of the molecule is Cc1ccc(OCC(=O)Nc2cccc(C#Cc3ccccn3)c2)cc1. The summed E-state index contributed by atoms with van der Waals surface area (Å²) in [4.78, 5) is 16.2. The summed E-state index contributed by atoms with van der Waals surface area (Å²) in [6.45, 7) is 1.95. The van der Waals surface area contributed by atoms with Gasteiger partial charge in [0.15, 0.2) is 6.61 Å². The Labute approximate surface area is 152 Å². The molecule has 0 aliphatic heterocycles. The smallest absolute Gasteiger partial charge is 0.262 e. The topological polar surface area (TPSA) is 51.2 Å². The average molecular weight is 342 g/mol. The number of ether oxygens (including phenoxy) is 1. The lowest BCUT2D eigenvalue weighted by atomic mass is 10.2. The van der Waals surface area contributed by atoms with Crippen LogP contribution in [0.3, 0.4) is 0 Å². The molecule has 0 unspecified atom stereocenters. The molecule has 3 rings (SSSR count). The number of amides is 1. The number of hydrogen-bond donors (Lipinski definition) is 1. The van der Waals surface area contributed by atoms with Gasteiger partial charge in [-0.05, 0) is 55.3 Å². The predicted molar refractivity (Wildman–Crippen MR) is 102 cm³/mol. The Morgan fingerprint density at radius 1 is 1.04 bits per heavy atom. The molecular formula is C22H18N2O2. The van der Waals surface area contributed by atoms with Gasteiger partial charge in [0.05, 0.1) is 0 Å². The molecule has 0 saturated heterocycles. The maximum atomic E-state index is 12.1. The Morgan fingerprint density at radius 3 is 2.65 bits per heavy atom. The summed E-state index contributed by atoms with van der Waals surface area (Å²) in [7, 11) is 0. The third-order valence-electron chi connectivity index (χ3n) is 3.54. The van der Waals surface area contributed by atoms with Gasteiger partial charge >= 0.3 is 0 Å². The molecule has 1 heterocycles. The fraction of sp³-hybridized carbons (Fsp3) is 0.0909. The van der Waals surface area contributed by atoms with Crippen molar-refractivity contribution in [1.29, 1.82) is 0 Å². The number of carbonyl (C=O) groups excluding carboxylic acids is 1. The van der Waals surface area contributed by atoms with Crippen LogP contribution in [-0.2, 0) is 4.79 Å². The first-order chi connectivity index (χ1) is 12.7. The van der Waals surface area contributed by atoms with Crippen LogP contribution in [0.1, 0.15) is 16.8 Å². The minimum Gasteiger partial charge on any atom is -0.484 e. The van der Waals surface area contributed by atoms with E-state index in [0.717, 1.165) is 11.1 Å². The van der Waals surface area contributed by atoms with Gasteiger partial charge in [-0.15, -0.1) is 0 Å². The molecule has 0 saturated carbocycles. The fourth-order valence-corrected chi connectivity index (χ4v) is 2.23. The largest absolute Gasteiger partial charge is 0.484 e. The van der Waals surface area contributed by atoms with Crippen LogP contribution in [0.2, 0.25) is 0 Å². The van der Waals surface area contributed by atoms with Crippen molar-refractivity contribution in [3.8, 4) is 17.6 Å². The number of pyridine rings is 1. The Hall–Kier alpha value is -3.58. The first-order valence-electron chi connectivity index (χ1n) is 8.21. The number of aryl methyl sites for hydroxylation is 1. The maximum absolute atomic E-state index is 12.1. The molecule has 128 valence electrons. The van der Waals surface area contributed by atoms with Crippen molar-refractivity contribution in [2.24, 2.45) is 0 Å². The van der Waals surface area contributed by atoms with E-state index in [0.29, 0.717) is 17.1 Å².